The van der Waals surface area contributed by atoms with Crippen LogP contribution >= 0.6 is 23.2 Å². The molecule has 0 bridgehead atoms. The number of amides is 1. The smallest absolute Gasteiger partial charge is 0.351 e. The standard InChI is InChI=1S/C16H14Cl2FN3O5/c1-6-11(23)12(24)15(27-6)22-5-10(19)13(21-16(22)26)20-14(25)7-2-3-8(17)9(18)4-7/h2-6,11-12,15,23-24H,1H3,(H,20,21,25,26)/t6-,11-,12-,15-/m1/s1. The Balaban J connectivity index is 1.86. The topological polar surface area (TPSA) is 114 Å². The molecule has 0 saturated carbocycles. The van der Waals surface area contributed by atoms with E-state index in [-0.39, 0.29) is 15.6 Å². The van der Waals surface area contributed by atoms with E-state index in [0.29, 0.717) is 4.57 Å². The fourth-order valence-corrected chi connectivity index (χ4v) is 2.89. The van der Waals surface area contributed by atoms with Gasteiger partial charge in [-0.25, -0.2) is 9.18 Å². The Morgan fingerprint density at radius 2 is 2.00 bits per heavy atom. The molecule has 8 nitrogen and oxygen atoms in total. The van der Waals surface area contributed by atoms with Crippen molar-refractivity contribution in [3.63, 3.8) is 0 Å². The van der Waals surface area contributed by atoms with Crippen LogP contribution in [0.2, 0.25) is 10.0 Å². The van der Waals surface area contributed by atoms with E-state index in [1.165, 1.54) is 25.1 Å². The summed E-state index contributed by atoms with van der Waals surface area (Å²) in [5.41, 5.74) is -0.896. The minimum absolute atomic E-state index is 0.0845. The van der Waals surface area contributed by atoms with Crippen molar-refractivity contribution in [2.24, 2.45) is 0 Å². The lowest BCUT2D eigenvalue weighted by Crippen LogP contribution is -2.36. The third-order valence-corrected chi connectivity index (χ3v) is 4.81. The molecular formula is C16H14Cl2FN3O5. The van der Waals surface area contributed by atoms with Crippen LogP contribution in [0.25, 0.3) is 0 Å². The van der Waals surface area contributed by atoms with Gasteiger partial charge in [-0.3, -0.25) is 9.36 Å². The van der Waals surface area contributed by atoms with E-state index in [2.05, 4.69) is 10.3 Å². The third kappa shape index (κ3) is 3.83. The minimum Gasteiger partial charge on any atom is -0.388 e. The van der Waals surface area contributed by atoms with E-state index in [0.717, 1.165) is 6.20 Å². The van der Waals surface area contributed by atoms with Crippen LogP contribution in [0.5, 0.6) is 0 Å². The van der Waals surface area contributed by atoms with Gasteiger partial charge in [-0.15, -0.1) is 0 Å². The molecule has 1 fully saturated rings. The van der Waals surface area contributed by atoms with E-state index in [1.807, 2.05) is 0 Å². The summed E-state index contributed by atoms with van der Waals surface area (Å²) in [6, 6.07) is 4.05. The molecule has 0 unspecified atom stereocenters. The summed E-state index contributed by atoms with van der Waals surface area (Å²) in [4.78, 5) is 27.8. The van der Waals surface area contributed by atoms with Gasteiger partial charge in [0.2, 0.25) is 0 Å². The van der Waals surface area contributed by atoms with Crippen LogP contribution in [0.4, 0.5) is 10.2 Å². The molecule has 11 heteroatoms. The van der Waals surface area contributed by atoms with Crippen molar-refractivity contribution in [2.75, 3.05) is 5.32 Å². The third-order valence-electron chi connectivity index (χ3n) is 4.07. The molecule has 1 amide bonds. The maximum Gasteiger partial charge on any atom is 0.351 e. The number of anilines is 1. The molecule has 4 atom stereocenters. The molecule has 1 aliphatic heterocycles. The average molecular weight is 418 g/mol. The summed E-state index contributed by atoms with van der Waals surface area (Å²) < 4.78 is 20.3. The molecule has 0 spiro atoms. The number of benzene rings is 1. The van der Waals surface area contributed by atoms with E-state index >= 15 is 0 Å². The number of aliphatic hydroxyl groups is 2. The summed E-state index contributed by atoms with van der Waals surface area (Å²) >= 11 is 11.6. The molecule has 144 valence electrons. The molecule has 1 aromatic carbocycles. The predicted molar refractivity (Wildman–Crippen MR) is 94.5 cm³/mol. The monoisotopic (exact) mass is 417 g/mol. The van der Waals surface area contributed by atoms with Gasteiger partial charge in [0.05, 0.1) is 22.3 Å². The van der Waals surface area contributed by atoms with Gasteiger partial charge in [0.1, 0.15) is 12.2 Å². The van der Waals surface area contributed by atoms with Gasteiger partial charge in [0, 0.05) is 5.56 Å². The summed E-state index contributed by atoms with van der Waals surface area (Å²) in [5, 5.41) is 22.2. The van der Waals surface area contributed by atoms with Gasteiger partial charge in [0.25, 0.3) is 5.91 Å². The zero-order chi connectivity index (χ0) is 19.9. The highest BCUT2D eigenvalue weighted by Gasteiger charge is 2.42. The Labute approximate surface area is 162 Å². The van der Waals surface area contributed by atoms with Crippen molar-refractivity contribution >= 4 is 34.9 Å². The molecule has 1 aliphatic rings. The second-order valence-electron chi connectivity index (χ2n) is 5.92. The lowest BCUT2D eigenvalue weighted by Gasteiger charge is -2.17. The first kappa shape index (κ1) is 19.7. The predicted octanol–water partition coefficient (Wildman–Crippen LogP) is 1.58. The zero-order valence-electron chi connectivity index (χ0n) is 13.8. The normalized spacial score (nSPS) is 24.8. The highest BCUT2D eigenvalue weighted by Crippen LogP contribution is 2.28. The molecule has 1 saturated heterocycles. The number of hydrogen-bond acceptors (Lipinski definition) is 6. The van der Waals surface area contributed by atoms with Crippen molar-refractivity contribution < 1.29 is 24.1 Å². The van der Waals surface area contributed by atoms with Crippen molar-refractivity contribution in [3.8, 4) is 0 Å². The lowest BCUT2D eigenvalue weighted by atomic mass is 10.1. The largest absolute Gasteiger partial charge is 0.388 e. The average Bonchev–Trinajstić information content (AvgIpc) is 2.87. The van der Waals surface area contributed by atoms with Gasteiger partial charge >= 0.3 is 5.69 Å². The van der Waals surface area contributed by atoms with Crippen LogP contribution in [0.15, 0.2) is 29.2 Å². The van der Waals surface area contributed by atoms with Crippen LogP contribution in [0.3, 0.4) is 0 Å². The van der Waals surface area contributed by atoms with Crippen LogP contribution < -0.4 is 11.0 Å². The first-order valence-electron chi connectivity index (χ1n) is 7.75. The van der Waals surface area contributed by atoms with E-state index < -0.39 is 47.8 Å². The SMILES string of the molecule is C[C@H]1O[C@@H](n2cc(F)c(NC(=O)c3ccc(Cl)c(Cl)c3)nc2=O)[C@H](O)[C@@H]1O. The van der Waals surface area contributed by atoms with Gasteiger partial charge in [-0.2, -0.15) is 4.98 Å². The van der Waals surface area contributed by atoms with E-state index in [4.69, 9.17) is 27.9 Å². The fraction of sp³-hybridized carbons (Fsp3) is 0.312. The second-order valence-corrected chi connectivity index (χ2v) is 6.74. The Kier molecular flexibility index (Phi) is 5.50. The number of aromatic nitrogens is 2. The summed E-state index contributed by atoms with van der Waals surface area (Å²) in [5.74, 6) is -2.39. The first-order chi connectivity index (χ1) is 12.7. The number of halogens is 3. The lowest BCUT2D eigenvalue weighted by molar-refractivity contribution is -0.0355. The number of nitrogens with one attached hydrogen (secondary N) is 1. The molecule has 0 radical (unpaired) electrons. The van der Waals surface area contributed by atoms with Crippen molar-refractivity contribution in [2.45, 2.75) is 31.5 Å². The maximum atomic E-state index is 14.3. The Hall–Kier alpha value is -2.04. The number of nitrogens with zero attached hydrogens (tertiary/aromatic N) is 2. The number of carbonyl (C=O) groups excluding carboxylic acids is 1. The van der Waals surface area contributed by atoms with Crippen molar-refractivity contribution in [3.05, 3.63) is 56.3 Å². The highest BCUT2D eigenvalue weighted by molar-refractivity contribution is 6.42. The van der Waals surface area contributed by atoms with Gasteiger partial charge < -0.3 is 20.3 Å². The molecule has 1 aromatic heterocycles. The van der Waals surface area contributed by atoms with E-state index in [9.17, 15) is 24.2 Å². The molecule has 2 heterocycles. The first-order valence-corrected chi connectivity index (χ1v) is 8.51. The van der Waals surface area contributed by atoms with E-state index in [1.54, 1.807) is 0 Å². The Morgan fingerprint density at radius 3 is 2.59 bits per heavy atom. The molecule has 27 heavy (non-hydrogen) atoms. The van der Waals surface area contributed by atoms with Crippen molar-refractivity contribution in [1.29, 1.82) is 0 Å². The maximum absolute atomic E-state index is 14.3. The molecule has 3 rings (SSSR count). The van der Waals surface area contributed by atoms with Crippen molar-refractivity contribution in [1.82, 2.24) is 9.55 Å². The van der Waals surface area contributed by atoms with Gasteiger partial charge in [-0.1, -0.05) is 23.2 Å². The number of ether oxygens (including phenoxy) is 1. The number of hydrogen-bond donors (Lipinski definition) is 3. The molecular weight excluding hydrogens is 404 g/mol. The van der Waals surface area contributed by atoms with Crippen LogP contribution in [-0.4, -0.2) is 44.0 Å². The van der Waals surface area contributed by atoms with Gasteiger partial charge in [0.15, 0.2) is 17.9 Å². The van der Waals surface area contributed by atoms with Crippen LogP contribution in [-0.2, 0) is 4.74 Å². The fourth-order valence-electron chi connectivity index (χ4n) is 2.59. The van der Waals surface area contributed by atoms with Gasteiger partial charge in [-0.05, 0) is 25.1 Å². The Bertz CT molecular complexity index is 954. The summed E-state index contributed by atoms with van der Waals surface area (Å²) in [7, 11) is 0. The molecule has 0 aliphatic carbocycles. The second kappa shape index (κ2) is 7.53. The Morgan fingerprint density at radius 1 is 1.30 bits per heavy atom. The summed E-state index contributed by atoms with van der Waals surface area (Å²) in [6.07, 6.45) is -3.99. The highest BCUT2D eigenvalue weighted by atomic mass is 35.5. The zero-order valence-corrected chi connectivity index (χ0v) is 15.3. The minimum atomic E-state index is -1.43. The van der Waals surface area contributed by atoms with Crippen LogP contribution in [0.1, 0.15) is 23.5 Å². The number of carbonyl (C=O) groups is 1. The number of rotatable bonds is 3. The summed E-state index contributed by atoms with van der Waals surface area (Å²) in [6.45, 7) is 1.49. The quantitative estimate of drug-likeness (QED) is 0.698. The molecule has 3 N–H and O–H groups in total. The number of aliphatic hydroxyl groups excluding tert-OH is 2. The molecule has 2 aromatic rings. The van der Waals surface area contributed by atoms with Crippen LogP contribution in [0, 0.1) is 5.82 Å².